The van der Waals surface area contributed by atoms with Gasteiger partial charge in [-0.15, -0.1) is 0 Å². The molecule has 4 nitrogen and oxygen atoms in total. The highest BCUT2D eigenvalue weighted by Gasteiger charge is 2.23. The second-order valence-electron chi connectivity index (χ2n) is 5.49. The van der Waals surface area contributed by atoms with Crippen molar-refractivity contribution < 1.29 is 18.7 Å². The van der Waals surface area contributed by atoms with Crippen LogP contribution in [0, 0.1) is 11.7 Å². The van der Waals surface area contributed by atoms with Crippen molar-refractivity contribution in [1.29, 1.82) is 0 Å². The predicted octanol–water partition coefficient (Wildman–Crippen LogP) is 3.43. The van der Waals surface area contributed by atoms with E-state index in [-0.39, 0.29) is 18.8 Å². The number of fused-ring (bicyclic) bond motifs is 1. The predicted molar refractivity (Wildman–Crippen MR) is 89.3 cm³/mol. The SMILES string of the molecule is CCOC(=O)CC1C=CC(c2ccc3cccc(F)c3c2)=NC1=O. The molecule has 24 heavy (non-hydrogen) atoms. The van der Waals surface area contributed by atoms with Crippen molar-refractivity contribution in [3.05, 3.63) is 59.9 Å². The van der Waals surface area contributed by atoms with Crippen LogP contribution in [-0.4, -0.2) is 24.2 Å². The first-order chi connectivity index (χ1) is 11.6. The lowest BCUT2D eigenvalue weighted by Gasteiger charge is -2.14. The Bertz CT molecular complexity index is 870. The van der Waals surface area contributed by atoms with Gasteiger partial charge in [0.1, 0.15) is 5.82 Å². The number of hydrogen-bond acceptors (Lipinski definition) is 3. The molecule has 0 aromatic heterocycles. The molecule has 1 unspecified atom stereocenters. The fraction of sp³-hybridized carbons (Fsp3) is 0.211. The van der Waals surface area contributed by atoms with Gasteiger partial charge in [0.15, 0.2) is 0 Å². The van der Waals surface area contributed by atoms with E-state index in [1.54, 1.807) is 43.3 Å². The number of esters is 1. The average molecular weight is 325 g/mol. The van der Waals surface area contributed by atoms with Gasteiger partial charge in [-0.25, -0.2) is 9.38 Å². The zero-order chi connectivity index (χ0) is 17.1. The van der Waals surface area contributed by atoms with Crippen molar-refractivity contribution in [2.24, 2.45) is 10.9 Å². The number of carbonyl (C=O) groups excluding carboxylic acids is 2. The molecule has 2 aromatic carbocycles. The number of amides is 1. The summed E-state index contributed by atoms with van der Waals surface area (Å²) in [5, 5.41) is 1.26. The molecule has 0 fully saturated rings. The Hall–Kier alpha value is -2.82. The average Bonchev–Trinajstić information content (AvgIpc) is 2.57. The summed E-state index contributed by atoms with van der Waals surface area (Å²) in [5.41, 5.74) is 1.12. The summed E-state index contributed by atoms with van der Waals surface area (Å²) in [6.45, 7) is 1.99. The number of aliphatic imine (C=N–C) groups is 1. The third-order valence-corrected chi connectivity index (χ3v) is 3.85. The van der Waals surface area contributed by atoms with Crippen LogP contribution in [-0.2, 0) is 14.3 Å². The van der Waals surface area contributed by atoms with Gasteiger partial charge < -0.3 is 4.74 Å². The zero-order valence-electron chi connectivity index (χ0n) is 13.2. The minimum atomic E-state index is -0.606. The van der Waals surface area contributed by atoms with Crippen LogP contribution in [0.15, 0.2) is 53.5 Å². The van der Waals surface area contributed by atoms with E-state index in [1.807, 2.05) is 6.07 Å². The molecule has 1 amide bonds. The standard InChI is InChI=1S/C19H16FNO3/c1-2-24-18(22)11-14-8-9-17(21-19(14)23)13-7-6-12-4-3-5-16(20)15(12)10-13/h3-10,14H,2,11H2,1H3. The molecule has 5 heteroatoms. The first-order valence-electron chi connectivity index (χ1n) is 7.73. The van der Waals surface area contributed by atoms with Crippen LogP contribution < -0.4 is 0 Å². The lowest BCUT2D eigenvalue weighted by molar-refractivity contribution is -0.145. The fourth-order valence-electron chi connectivity index (χ4n) is 2.64. The van der Waals surface area contributed by atoms with E-state index in [1.165, 1.54) is 6.07 Å². The van der Waals surface area contributed by atoms with E-state index in [2.05, 4.69) is 4.99 Å². The number of ether oxygens (including phenoxy) is 1. The third kappa shape index (κ3) is 3.25. The highest BCUT2D eigenvalue weighted by Crippen LogP contribution is 2.22. The van der Waals surface area contributed by atoms with Gasteiger partial charge in [-0.05, 0) is 30.5 Å². The smallest absolute Gasteiger partial charge is 0.306 e. The van der Waals surface area contributed by atoms with E-state index < -0.39 is 17.8 Å². The lowest BCUT2D eigenvalue weighted by atomic mass is 9.97. The number of halogens is 1. The summed E-state index contributed by atoms with van der Waals surface area (Å²) in [6, 6.07) is 10.1. The molecule has 0 saturated heterocycles. The monoisotopic (exact) mass is 325 g/mol. The highest BCUT2D eigenvalue weighted by atomic mass is 19.1. The molecule has 0 radical (unpaired) electrons. The molecule has 1 aliphatic rings. The van der Waals surface area contributed by atoms with Gasteiger partial charge in [0.25, 0.3) is 5.91 Å². The number of hydrogen-bond donors (Lipinski definition) is 0. The molecule has 1 atom stereocenters. The molecule has 0 aliphatic carbocycles. The van der Waals surface area contributed by atoms with Crippen LogP contribution in [0.5, 0.6) is 0 Å². The highest BCUT2D eigenvalue weighted by molar-refractivity contribution is 6.16. The molecular formula is C19H16FNO3. The van der Waals surface area contributed by atoms with Crippen molar-refractivity contribution >= 4 is 28.4 Å². The summed E-state index contributed by atoms with van der Waals surface area (Å²) in [7, 11) is 0. The van der Waals surface area contributed by atoms with Gasteiger partial charge in [-0.2, -0.15) is 0 Å². The Morgan fingerprint density at radius 3 is 2.88 bits per heavy atom. The van der Waals surface area contributed by atoms with Gasteiger partial charge in [0, 0.05) is 10.9 Å². The van der Waals surface area contributed by atoms with Crippen molar-refractivity contribution in [2.45, 2.75) is 13.3 Å². The second-order valence-corrected chi connectivity index (χ2v) is 5.49. The summed E-state index contributed by atoms with van der Waals surface area (Å²) in [4.78, 5) is 27.7. The van der Waals surface area contributed by atoms with Gasteiger partial charge in [-0.1, -0.05) is 30.3 Å². The van der Waals surface area contributed by atoms with Crippen LogP contribution in [0.2, 0.25) is 0 Å². The Kier molecular flexibility index (Phi) is 4.51. The molecule has 0 spiro atoms. The molecule has 0 saturated carbocycles. The van der Waals surface area contributed by atoms with E-state index in [0.29, 0.717) is 16.7 Å². The molecule has 1 aliphatic heterocycles. The van der Waals surface area contributed by atoms with Gasteiger partial charge in [-0.3, -0.25) is 9.59 Å². The number of dihydropyridines is 1. The van der Waals surface area contributed by atoms with E-state index in [9.17, 15) is 14.0 Å². The Morgan fingerprint density at radius 2 is 2.12 bits per heavy atom. The van der Waals surface area contributed by atoms with Crippen molar-refractivity contribution in [1.82, 2.24) is 0 Å². The van der Waals surface area contributed by atoms with Gasteiger partial charge >= 0.3 is 5.97 Å². The normalized spacial score (nSPS) is 17.0. The quantitative estimate of drug-likeness (QED) is 0.809. The molecular weight excluding hydrogens is 309 g/mol. The van der Waals surface area contributed by atoms with Crippen molar-refractivity contribution in [2.75, 3.05) is 6.61 Å². The molecule has 1 heterocycles. The maximum atomic E-state index is 13.9. The van der Waals surface area contributed by atoms with Crippen LogP contribution in [0.25, 0.3) is 10.8 Å². The Labute approximate surface area is 138 Å². The van der Waals surface area contributed by atoms with Crippen LogP contribution in [0.3, 0.4) is 0 Å². The van der Waals surface area contributed by atoms with Gasteiger partial charge in [0.2, 0.25) is 0 Å². The number of allylic oxidation sites excluding steroid dienone is 1. The van der Waals surface area contributed by atoms with Crippen molar-refractivity contribution in [3.8, 4) is 0 Å². The van der Waals surface area contributed by atoms with Crippen LogP contribution in [0.4, 0.5) is 4.39 Å². The minimum absolute atomic E-state index is 0.0215. The van der Waals surface area contributed by atoms with Gasteiger partial charge in [0.05, 0.1) is 24.7 Å². The molecule has 122 valence electrons. The largest absolute Gasteiger partial charge is 0.466 e. The molecule has 3 rings (SSSR count). The fourth-order valence-corrected chi connectivity index (χ4v) is 2.64. The first-order valence-corrected chi connectivity index (χ1v) is 7.73. The minimum Gasteiger partial charge on any atom is -0.466 e. The second kappa shape index (κ2) is 6.74. The molecule has 2 aromatic rings. The number of carbonyl (C=O) groups is 2. The number of nitrogens with zero attached hydrogens (tertiary/aromatic N) is 1. The third-order valence-electron chi connectivity index (χ3n) is 3.85. The zero-order valence-corrected chi connectivity index (χ0v) is 13.2. The topological polar surface area (TPSA) is 55.7 Å². The Balaban J connectivity index is 1.84. The van der Waals surface area contributed by atoms with Crippen LogP contribution >= 0.6 is 0 Å². The summed E-state index contributed by atoms with van der Waals surface area (Å²) in [6.07, 6.45) is 3.31. The maximum absolute atomic E-state index is 13.9. The number of benzene rings is 2. The van der Waals surface area contributed by atoms with Crippen molar-refractivity contribution in [3.63, 3.8) is 0 Å². The number of rotatable bonds is 4. The summed E-state index contributed by atoms with van der Waals surface area (Å²) in [5.74, 6) is -1.74. The summed E-state index contributed by atoms with van der Waals surface area (Å²) < 4.78 is 18.8. The summed E-state index contributed by atoms with van der Waals surface area (Å²) >= 11 is 0. The molecule has 0 N–H and O–H groups in total. The first kappa shape index (κ1) is 16.1. The van der Waals surface area contributed by atoms with Crippen LogP contribution in [0.1, 0.15) is 18.9 Å². The maximum Gasteiger partial charge on any atom is 0.306 e. The lowest BCUT2D eigenvalue weighted by Crippen LogP contribution is -2.21. The van der Waals surface area contributed by atoms with E-state index in [4.69, 9.17) is 4.74 Å². The van der Waals surface area contributed by atoms with E-state index >= 15 is 0 Å². The van der Waals surface area contributed by atoms with E-state index in [0.717, 1.165) is 5.39 Å². The Morgan fingerprint density at radius 1 is 1.29 bits per heavy atom. The molecule has 0 bridgehead atoms.